The van der Waals surface area contributed by atoms with Crippen LogP contribution >= 0.6 is 0 Å². The molecule has 0 bridgehead atoms. The molecular weight excluding hydrogens is 434 g/mol. The average Bonchev–Trinajstić information content (AvgIpc) is 3.24. The van der Waals surface area contributed by atoms with E-state index in [1.807, 2.05) is 42.0 Å². The zero-order valence-electron chi connectivity index (χ0n) is 20.5. The zero-order chi connectivity index (χ0) is 24.3. The van der Waals surface area contributed by atoms with E-state index in [0.29, 0.717) is 11.8 Å². The maximum atomic E-state index is 12.9. The fourth-order valence-corrected chi connectivity index (χ4v) is 4.39. The Labute approximate surface area is 201 Å². The minimum absolute atomic E-state index is 0.175. The van der Waals surface area contributed by atoms with Gasteiger partial charge in [-0.05, 0) is 77.6 Å². The van der Waals surface area contributed by atoms with Gasteiger partial charge in [-0.1, -0.05) is 6.42 Å². The summed E-state index contributed by atoms with van der Waals surface area (Å²) < 4.78 is 19.3. The molecule has 2 aliphatic rings. The summed E-state index contributed by atoms with van der Waals surface area (Å²) in [4.78, 5) is 31.0. The number of benzene rings is 1. The number of hydrogen-bond donors (Lipinski definition) is 0. The zero-order valence-corrected chi connectivity index (χ0v) is 20.5. The molecule has 2 atom stereocenters. The molecule has 1 saturated heterocycles. The summed E-state index contributed by atoms with van der Waals surface area (Å²) in [5.41, 5.74) is 0.984. The highest BCUT2D eigenvalue weighted by Crippen LogP contribution is 2.25. The number of ether oxygens (including phenoxy) is 3. The molecule has 0 radical (unpaired) electrons. The number of nitrogens with zero attached hydrogens (tertiary/aromatic N) is 3. The third-order valence-electron chi connectivity index (χ3n) is 6.01. The highest BCUT2D eigenvalue weighted by atomic mass is 16.6. The van der Waals surface area contributed by atoms with Crippen LogP contribution in [0.25, 0.3) is 5.69 Å². The van der Waals surface area contributed by atoms with Crippen LogP contribution in [0.1, 0.15) is 65.5 Å². The van der Waals surface area contributed by atoms with E-state index in [1.165, 1.54) is 19.3 Å². The molecule has 4 rings (SSSR count). The van der Waals surface area contributed by atoms with E-state index < -0.39 is 23.7 Å². The van der Waals surface area contributed by atoms with Crippen LogP contribution in [0.4, 0.5) is 4.79 Å². The Morgan fingerprint density at radius 3 is 2.53 bits per heavy atom. The largest absolute Gasteiger partial charge is 0.490 e. The second kappa shape index (κ2) is 10.2. The number of imide groups is 1. The van der Waals surface area contributed by atoms with Gasteiger partial charge in [0.1, 0.15) is 17.5 Å². The van der Waals surface area contributed by atoms with Gasteiger partial charge in [-0.3, -0.25) is 4.79 Å². The molecule has 8 heteroatoms. The van der Waals surface area contributed by atoms with Gasteiger partial charge in [0.05, 0.1) is 30.8 Å². The smallest absolute Gasteiger partial charge is 0.417 e. The summed E-state index contributed by atoms with van der Waals surface area (Å²) in [6.07, 6.45) is 8.50. The van der Waals surface area contributed by atoms with Gasteiger partial charge in [0.15, 0.2) is 0 Å². The van der Waals surface area contributed by atoms with Gasteiger partial charge in [-0.25, -0.2) is 14.7 Å². The SMILES string of the molecule is CC1CN(C(=O)OC(C)(C)C)C(=O)C(Cc2cn(-c3ccc(OC4CCCCC4)cc3)cn2)O1. The summed E-state index contributed by atoms with van der Waals surface area (Å²) in [6, 6.07) is 7.96. The third-order valence-corrected chi connectivity index (χ3v) is 6.01. The van der Waals surface area contributed by atoms with Gasteiger partial charge >= 0.3 is 6.09 Å². The van der Waals surface area contributed by atoms with Crippen molar-refractivity contribution in [2.24, 2.45) is 0 Å². The standard InChI is InChI=1S/C26H35N3O5/c1-18-15-29(25(31)34-26(2,3)4)24(30)23(32-18)14-19-16-28(17-27-19)20-10-12-22(13-11-20)33-21-8-6-5-7-9-21/h10-13,16-18,21,23H,5-9,14-15H2,1-4H3. The second-order valence-electron chi connectivity index (χ2n) is 10.2. The maximum Gasteiger partial charge on any atom is 0.417 e. The lowest BCUT2D eigenvalue weighted by atomic mass is 9.98. The van der Waals surface area contributed by atoms with Crippen LogP contribution in [-0.4, -0.2) is 56.9 Å². The molecule has 1 saturated carbocycles. The van der Waals surface area contributed by atoms with Crippen molar-refractivity contribution in [1.82, 2.24) is 14.5 Å². The first-order valence-electron chi connectivity index (χ1n) is 12.2. The molecule has 2 fully saturated rings. The van der Waals surface area contributed by atoms with Gasteiger partial charge in [0.2, 0.25) is 0 Å². The number of carbonyl (C=O) groups excluding carboxylic acids is 2. The summed E-state index contributed by atoms with van der Waals surface area (Å²) in [5, 5.41) is 0. The highest BCUT2D eigenvalue weighted by Gasteiger charge is 2.39. The van der Waals surface area contributed by atoms with Crippen LogP contribution in [0.15, 0.2) is 36.8 Å². The molecule has 34 heavy (non-hydrogen) atoms. The predicted octanol–water partition coefficient (Wildman–Crippen LogP) is 4.68. The van der Waals surface area contributed by atoms with Gasteiger partial charge in [0.25, 0.3) is 5.91 Å². The van der Waals surface area contributed by atoms with Gasteiger partial charge in [0, 0.05) is 18.3 Å². The van der Waals surface area contributed by atoms with Crippen molar-refractivity contribution in [3.8, 4) is 11.4 Å². The van der Waals surface area contributed by atoms with E-state index in [9.17, 15) is 9.59 Å². The Kier molecular flexibility index (Phi) is 7.26. The van der Waals surface area contributed by atoms with Crippen LogP contribution in [0, 0.1) is 0 Å². The minimum atomic E-state index is -0.786. The molecule has 1 aromatic carbocycles. The number of rotatable bonds is 5. The van der Waals surface area contributed by atoms with Crippen LogP contribution in [0.2, 0.25) is 0 Å². The molecule has 8 nitrogen and oxygen atoms in total. The van der Waals surface area contributed by atoms with E-state index in [0.717, 1.165) is 29.2 Å². The first-order chi connectivity index (χ1) is 16.2. The predicted molar refractivity (Wildman–Crippen MR) is 127 cm³/mol. The van der Waals surface area contributed by atoms with E-state index in [1.54, 1.807) is 27.1 Å². The topological polar surface area (TPSA) is 82.9 Å². The maximum absolute atomic E-state index is 12.9. The number of carbonyl (C=O) groups is 2. The summed E-state index contributed by atoms with van der Waals surface area (Å²) in [6.45, 7) is 7.34. The van der Waals surface area contributed by atoms with Crippen molar-refractivity contribution in [3.05, 3.63) is 42.5 Å². The number of hydrogen-bond acceptors (Lipinski definition) is 6. The Balaban J connectivity index is 1.38. The highest BCUT2D eigenvalue weighted by molar-refractivity contribution is 5.95. The summed E-state index contributed by atoms with van der Waals surface area (Å²) >= 11 is 0. The van der Waals surface area contributed by atoms with Crippen molar-refractivity contribution < 1.29 is 23.8 Å². The fraction of sp³-hybridized carbons (Fsp3) is 0.577. The average molecular weight is 470 g/mol. The van der Waals surface area contributed by atoms with Crippen molar-refractivity contribution in [2.45, 2.75) is 90.1 Å². The van der Waals surface area contributed by atoms with Crippen molar-refractivity contribution >= 4 is 12.0 Å². The summed E-state index contributed by atoms with van der Waals surface area (Å²) in [7, 11) is 0. The molecule has 1 aromatic heterocycles. The van der Waals surface area contributed by atoms with Crippen molar-refractivity contribution in [2.75, 3.05) is 6.54 Å². The van der Waals surface area contributed by atoms with E-state index in [-0.39, 0.29) is 19.1 Å². The lowest BCUT2D eigenvalue weighted by Gasteiger charge is -2.35. The third kappa shape index (κ3) is 6.17. The molecule has 2 unspecified atom stereocenters. The number of imidazole rings is 1. The Morgan fingerprint density at radius 1 is 1.15 bits per heavy atom. The molecule has 1 aliphatic heterocycles. The lowest BCUT2D eigenvalue weighted by Crippen LogP contribution is -2.55. The second-order valence-corrected chi connectivity index (χ2v) is 10.2. The van der Waals surface area contributed by atoms with Gasteiger partial charge in [-0.15, -0.1) is 0 Å². The van der Waals surface area contributed by atoms with E-state index in [4.69, 9.17) is 14.2 Å². The van der Waals surface area contributed by atoms with E-state index in [2.05, 4.69) is 4.98 Å². The Morgan fingerprint density at radius 2 is 1.85 bits per heavy atom. The van der Waals surface area contributed by atoms with E-state index >= 15 is 0 Å². The van der Waals surface area contributed by atoms with Crippen LogP contribution in [-0.2, 0) is 20.7 Å². The first kappa shape index (κ1) is 24.3. The number of aromatic nitrogens is 2. The van der Waals surface area contributed by atoms with Crippen LogP contribution in [0.5, 0.6) is 5.75 Å². The Bertz CT molecular complexity index is 989. The molecule has 2 heterocycles. The summed E-state index contributed by atoms with van der Waals surface area (Å²) in [5.74, 6) is 0.486. The van der Waals surface area contributed by atoms with Crippen LogP contribution in [0.3, 0.4) is 0 Å². The lowest BCUT2D eigenvalue weighted by molar-refractivity contribution is -0.158. The molecule has 184 valence electrons. The minimum Gasteiger partial charge on any atom is -0.490 e. The van der Waals surface area contributed by atoms with Gasteiger partial charge in [-0.2, -0.15) is 0 Å². The number of amides is 2. The van der Waals surface area contributed by atoms with Crippen molar-refractivity contribution in [3.63, 3.8) is 0 Å². The molecule has 0 spiro atoms. The molecule has 2 amide bonds. The normalized spacial score (nSPS) is 22.0. The quantitative estimate of drug-likeness (QED) is 0.632. The number of morpholine rings is 1. The first-order valence-corrected chi connectivity index (χ1v) is 12.2. The molecule has 0 N–H and O–H groups in total. The Hall–Kier alpha value is -2.87. The van der Waals surface area contributed by atoms with Gasteiger partial charge < -0.3 is 18.8 Å². The van der Waals surface area contributed by atoms with Crippen LogP contribution < -0.4 is 4.74 Å². The fourth-order valence-electron chi connectivity index (χ4n) is 4.39. The monoisotopic (exact) mass is 469 g/mol. The molecular formula is C26H35N3O5. The molecule has 2 aromatic rings. The van der Waals surface area contributed by atoms with Crippen molar-refractivity contribution in [1.29, 1.82) is 0 Å². The molecule has 1 aliphatic carbocycles.